The normalized spacial score (nSPS) is 10.5. The van der Waals surface area contributed by atoms with E-state index < -0.39 is 0 Å². The summed E-state index contributed by atoms with van der Waals surface area (Å²) in [6.45, 7) is 2.98. The Balaban J connectivity index is 1.36. The van der Waals surface area contributed by atoms with Crippen LogP contribution in [0.2, 0.25) is 0 Å². The molecule has 2 N–H and O–H groups in total. The minimum atomic E-state index is -0.260. The van der Waals surface area contributed by atoms with Crippen LogP contribution >= 0.6 is 0 Å². The molecule has 3 aromatic carbocycles. The van der Waals surface area contributed by atoms with Crippen LogP contribution in [0, 0.1) is 6.92 Å². The predicted molar refractivity (Wildman–Crippen MR) is 111 cm³/mol. The monoisotopic (exact) mass is 376 g/mol. The molecule has 0 spiro atoms. The van der Waals surface area contributed by atoms with Crippen molar-refractivity contribution in [1.29, 1.82) is 0 Å². The minimum Gasteiger partial charge on any atom is -0.494 e. The quantitative estimate of drug-likeness (QED) is 0.592. The average Bonchev–Trinajstić information content (AvgIpc) is 2.71. The van der Waals surface area contributed by atoms with Crippen molar-refractivity contribution in [3.05, 3.63) is 77.9 Å². The Morgan fingerprint density at radius 2 is 1.71 bits per heavy atom. The Morgan fingerprint density at radius 1 is 0.893 bits per heavy atom. The van der Waals surface area contributed by atoms with Gasteiger partial charge in [-0.15, -0.1) is 0 Å². The molecule has 0 atom stereocenters. The summed E-state index contributed by atoms with van der Waals surface area (Å²) in [6.07, 6.45) is 0.693. The third-order valence-electron chi connectivity index (χ3n) is 4.32. The molecule has 0 aliphatic heterocycles. The van der Waals surface area contributed by atoms with Gasteiger partial charge in [0.1, 0.15) is 5.75 Å². The van der Waals surface area contributed by atoms with Gasteiger partial charge < -0.3 is 15.4 Å². The number of nitrogens with one attached hydrogen (secondary N) is 2. The number of aryl methyl sites for hydroxylation is 1. The zero-order valence-corrected chi connectivity index (χ0v) is 15.9. The Hall–Kier alpha value is -3.34. The van der Waals surface area contributed by atoms with E-state index in [2.05, 4.69) is 10.6 Å². The second kappa shape index (κ2) is 9.55. The van der Waals surface area contributed by atoms with Crippen LogP contribution in [0.1, 0.15) is 22.3 Å². The third kappa shape index (κ3) is 5.58. The molecule has 0 aromatic heterocycles. The van der Waals surface area contributed by atoms with E-state index in [9.17, 15) is 9.59 Å². The van der Waals surface area contributed by atoms with E-state index in [0.717, 1.165) is 22.1 Å². The number of hydrogen-bond donors (Lipinski definition) is 2. The van der Waals surface area contributed by atoms with Gasteiger partial charge in [-0.2, -0.15) is 0 Å². The van der Waals surface area contributed by atoms with Crippen LogP contribution in [-0.4, -0.2) is 31.5 Å². The number of ether oxygens (including phenoxy) is 1. The van der Waals surface area contributed by atoms with Crippen molar-refractivity contribution < 1.29 is 14.3 Å². The van der Waals surface area contributed by atoms with Crippen LogP contribution < -0.4 is 15.4 Å². The van der Waals surface area contributed by atoms with Crippen LogP contribution in [-0.2, 0) is 4.79 Å². The highest BCUT2D eigenvalue weighted by molar-refractivity contribution is 5.99. The Labute approximate surface area is 164 Å². The van der Waals surface area contributed by atoms with E-state index in [1.165, 1.54) is 0 Å². The highest BCUT2D eigenvalue weighted by Gasteiger charge is 2.08. The number of fused-ring (bicyclic) bond motifs is 1. The van der Waals surface area contributed by atoms with Crippen LogP contribution in [0.15, 0.2) is 66.7 Å². The number of benzene rings is 3. The topological polar surface area (TPSA) is 67.4 Å². The van der Waals surface area contributed by atoms with Crippen LogP contribution in [0.25, 0.3) is 10.8 Å². The molecule has 3 rings (SSSR count). The molecule has 2 amide bonds. The summed E-state index contributed by atoms with van der Waals surface area (Å²) in [7, 11) is 0. The van der Waals surface area contributed by atoms with Gasteiger partial charge in [-0.05, 0) is 53.9 Å². The second-order valence-electron chi connectivity index (χ2n) is 6.61. The van der Waals surface area contributed by atoms with Crippen molar-refractivity contribution in [1.82, 2.24) is 10.6 Å². The molecule has 5 nitrogen and oxygen atoms in total. The standard InChI is InChI=1S/C23H24N2O3/c1-17-6-4-9-21(14-17)28-13-5-12-24-22(26)16-25-23(27)20-11-10-18-7-2-3-8-19(18)15-20/h2-4,6-11,14-15H,5,12-13,16H2,1H3,(H,24,26)(H,25,27). The smallest absolute Gasteiger partial charge is 0.251 e. The van der Waals surface area contributed by atoms with Crippen molar-refractivity contribution in [2.24, 2.45) is 0 Å². The van der Waals surface area contributed by atoms with E-state index in [-0.39, 0.29) is 18.4 Å². The largest absolute Gasteiger partial charge is 0.494 e. The fourth-order valence-corrected chi connectivity index (χ4v) is 2.85. The average molecular weight is 376 g/mol. The highest BCUT2D eigenvalue weighted by atomic mass is 16.5. The van der Waals surface area contributed by atoms with Gasteiger partial charge in [-0.1, -0.05) is 42.5 Å². The summed E-state index contributed by atoms with van der Waals surface area (Å²) in [4.78, 5) is 24.1. The van der Waals surface area contributed by atoms with Crippen molar-refractivity contribution in [3.8, 4) is 5.75 Å². The lowest BCUT2D eigenvalue weighted by Gasteiger charge is -2.09. The van der Waals surface area contributed by atoms with Gasteiger partial charge in [0.05, 0.1) is 13.2 Å². The highest BCUT2D eigenvalue weighted by Crippen LogP contribution is 2.15. The molecule has 0 saturated carbocycles. The molecule has 0 heterocycles. The molecule has 0 radical (unpaired) electrons. The summed E-state index contributed by atoms with van der Waals surface area (Å²) < 4.78 is 5.64. The van der Waals surface area contributed by atoms with E-state index in [4.69, 9.17) is 4.74 Å². The lowest BCUT2D eigenvalue weighted by molar-refractivity contribution is -0.120. The Morgan fingerprint density at radius 3 is 2.54 bits per heavy atom. The van der Waals surface area contributed by atoms with E-state index in [1.54, 1.807) is 6.07 Å². The van der Waals surface area contributed by atoms with Gasteiger partial charge in [0.15, 0.2) is 0 Å². The van der Waals surface area contributed by atoms with Crippen molar-refractivity contribution in [2.45, 2.75) is 13.3 Å². The first-order valence-corrected chi connectivity index (χ1v) is 9.35. The molecule has 28 heavy (non-hydrogen) atoms. The minimum absolute atomic E-state index is 0.0512. The maximum absolute atomic E-state index is 12.2. The molecular weight excluding hydrogens is 352 g/mol. The molecule has 0 bridgehead atoms. The number of rotatable bonds is 8. The number of hydrogen-bond acceptors (Lipinski definition) is 3. The fraction of sp³-hybridized carbons (Fsp3) is 0.217. The summed E-state index contributed by atoms with van der Waals surface area (Å²) in [6, 6.07) is 21.2. The Bertz CT molecular complexity index is 969. The van der Waals surface area contributed by atoms with Gasteiger partial charge in [0.2, 0.25) is 5.91 Å². The molecular formula is C23H24N2O3. The lowest BCUT2D eigenvalue weighted by atomic mass is 10.1. The molecule has 0 fully saturated rings. The number of carbonyl (C=O) groups excluding carboxylic acids is 2. The Kier molecular flexibility index (Phi) is 6.63. The first-order valence-electron chi connectivity index (χ1n) is 9.35. The SMILES string of the molecule is Cc1cccc(OCCCNC(=O)CNC(=O)c2ccc3ccccc3c2)c1. The van der Waals surface area contributed by atoms with Crippen LogP contribution in [0.3, 0.4) is 0 Å². The molecule has 144 valence electrons. The van der Waals surface area contributed by atoms with Crippen LogP contribution in [0.4, 0.5) is 0 Å². The summed E-state index contributed by atoms with van der Waals surface area (Å²) >= 11 is 0. The molecule has 0 aliphatic carbocycles. The van der Waals surface area contributed by atoms with Crippen molar-refractivity contribution in [2.75, 3.05) is 19.7 Å². The molecule has 0 saturated heterocycles. The van der Waals surface area contributed by atoms with Gasteiger partial charge in [-0.3, -0.25) is 9.59 Å². The second-order valence-corrected chi connectivity index (χ2v) is 6.61. The molecule has 0 aliphatic rings. The first-order chi connectivity index (χ1) is 13.6. The fourth-order valence-electron chi connectivity index (χ4n) is 2.85. The summed E-state index contributed by atoms with van der Waals surface area (Å²) in [5, 5.41) is 7.50. The zero-order valence-electron chi connectivity index (χ0n) is 15.9. The number of carbonyl (C=O) groups is 2. The van der Waals surface area contributed by atoms with Gasteiger partial charge in [-0.25, -0.2) is 0 Å². The molecule has 5 heteroatoms. The van der Waals surface area contributed by atoms with E-state index in [0.29, 0.717) is 25.1 Å². The van der Waals surface area contributed by atoms with Crippen LogP contribution in [0.5, 0.6) is 5.75 Å². The van der Waals surface area contributed by atoms with E-state index in [1.807, 2.05) is 67.6 Å². The van der Waals surface area contributed by atoms with E-state index >= 15 is 0 Å². The maximum atomic E-state index is 12.2. The van der Waals surface area contributed by atoms with Gasteiger partial charge in [0.25, 0.3) is 5.91 Å². The van der Waals surface area contributed by atoms with Crippen molar-refractivity contribution in [3.63, 3.8) is 0 Å². The first kappa shape index (κ1) is 19.4. The van der Waals surface area contributed by atoms with Gasteiger partial charge >= 0.3 is 0 Å². The molecule has 0 unspecified atom stereocenters. The lowest BCUT2D eigenvalue weighted by Crippen LogP contribution is -2.37. The summed E-state index contributed by atoms with van der Waals surface area (Å²) in [5.41, 5.74) is 1.69. The predicted octanol–water partition coefficient (Wildman–Crippen LogP) is 3.46. The zero-order chi connectivity index (χ0) is 19.8. The number of amides is 2. The summed E-state index contributed by atoms with van der Waals surface area (Å²) in [5.74, 6) is 0.349. The third-order valence-corrected chi connectivity index (χ3v) is 4.32. The molecule has 3 aromatic rings. The maximum Gasteiger partial charge on any atom is 0.251 e. The van der Waals surface area contributed by atoms with Gasteiger partial charge in [0, 0.05) is 12.1 Å². The van der Waals surface area contributed by atoms with Crippen molar-refractivity contribution >= 4 is 22.6 Å².